The number of carbonyl (C=O) groups is 3. The average Bonchev–Trinajstić information content (AvgIpc) is 2.67. The van der Waals surface area contributed by atoms with Gasteiger partial charge in [-0.1, -0.05) is 36.7 Å². The Hall–Kier alpha value is -2.86. The second-order valence-electron chi connectivity index (χ2n) is 6.17. The van der Waals surface area contributed by atoms with E-state index in [1.807, 2.05) is 19.1 Å². The summed E-state index contributed by atoms with van der Waals surface area (Å²) < 4.78 is 4.94. The molecule has 0 unspecified atom stereocenters. The largest absolute Gasteiger partial charge is 0.456 e. The molecule has 0 atom stereocenters. The Morgan fingerprint density at radius 1 is 0.929 bits per heavy atom. The summed E-state index contributed by atoms with van der Waals surface area (Å²) in [5, 5.41) is 5.89. The number of aryl methyl sites for hydroxylation is 1. The molecule has 2 aromatic carbocycles. The zero-order valence-electron chi connectivity index (χ0n) is 15.7. The zero-order chi connectivity index (χ0) is 20.4. The van der Waals surface area contributed by atoms with Gasteiger partial charge >= 0.3 is 5.97 Å². The highest BCUT2D eigenvalue weighted by atomic mass is 35.5. The second-order valence-corrected chi connectivity index (χ2v) is 6.61. The molecule has 0 saturated carbocycles. The van der Waals surface area contributed by atoms with Crippen molar-refractivity contribution in [2.75, 3.05) is 17.2 Å². The summed E-state index contributed by atoms with van der Waals surface area (Å²) >= 11 is 5.85. The van der Waals surface area contributed by atoms with Gasteiger partial charge in [0.1, 0.15) is 0 Å². The third-order valence-corrected chi connectivity index (χ3v) is 4.14. The molecule has 7 heteroatoms. The molecule has 2 rings (SSSR count). The first-order chi connectivity index (χ1) is 13.5. The fourth-order valence-corrected chi connectivity index (χ4v) is 2.61. The first-order valence-electron chi connectivity index (χ1n) is 9.06. The fraction of sp³-hybridized carbons (Fsp3) is 0.286. The van der Waals surface area contributed by atoms with Gasteiger partial charge in [-0.15, -0.1) is 0 Å². The van der Waals surface area contributed by atoms with Gasteiger partial charge in [-0.2, -0.15) is 0 Å². The van der Waals surface area contributed by atoms with Crippen LogP contribution >= 0.6 is 11.6 Å². The molecular formula is C21H23ClN2O4. The normalized spacial score (nSPS) is 10.2. The van der Waals surface area contributed by atoms with Crippen molar-refractivity contribution in [2.45, 2.75) is 32.6 Å². The molecule has 28 heavy (non-hydrogen) atoms. The van der Waals surface area contributed by atoms with E-state index in [1.165, 1.54) is 5.56 Å². The van der Waals surface area contributed by atoms with Crippen LogP contribution in [0, 0.1) is 0 Å². The molecule has 0 heterocycles. The van der Waals surface area contributed by atoms with Crippen LogP contribution in [0.4, 0.5) is 11.4 Å². The molecule has 0 spiro atoms. The molecule has 0 aliphatic heterocycles. The lowest BCUT2D eigenvalue weighted by atomic mass is 10.1. The number of halogens is 1. The van der Waals surface area contributed by atoms with Gasteiger partial charge in [-0.3, -0.25) is 14.4 Å². The minimum atomic E-state index is -0.521. The molecule has 6 nitrogen and oxygen atoms in total. The van der Waals surface area contributed by atoms with E-state index in [1.54, 1.807) is 36.4 Å². The summed E-state index contributed by atoms with van der Waals surface area (Å²) in [6.07, 6.45) is 1.47. The van der Waals surface area contributed by atoms with E-state index in [2.05, 4.69) is 10.6 Å². The van der Waals surface area contributed by atoms with Crippen LogP contribution in [0.1, 0.15) is 31.7 Å². The van der Waals surface area contributed by atoms with Gasteiger partial charge in [0, 0.05) is 29.2 Å². The predicted molar refractivity (Wildman–Crippen MR) is 109 cm³/mol. The van der Waals surface area contributed by atoms with E-state index >= 15 is 0 Å². The standard InChI is InChI=1S/C21H23ClN2O4/c1-2-15-9-11-17(12-10-15)23-20(26)14-28-21(27)8-4-7-19(25)24-18-6-3-5-16(22)13-18/h3,5-6,9-13H,2,4,7-8,14H2,1H3,(H,23,26)(H,24,25). The Bertz CT molecular complexity index is 821. The number of rotatable bonds is 9. The molecule has 0 aromatic heterocycles. The average molecular weight is 403 g/mol. The van der Waals surface area contributed by atoms with Crippen molar-refractivity contribution < 1.29 is 19.1 Å². The van der Waals surface area contributed by atoms with Crippen molar-refractivity contribution in [1.82, 2.24) is 0 Å². The molecule has 0 aliphatic rings. The van der Waals surface area contributed by atoms with Crippen LogP contribution in [0.3, 0.4) is 0 Å². The van der Waals surface area contributed by atoms with Crippen molar-refractivity contribution in [3.05, 3.63) is 59.1 Å². The Morgan fingerprint density at radius 3 is 2.32 bits per heavy atom. The van der Waals surface area contributed by atoms with E-state index in [-0.39, 0.29) is 25.4 Å². The molecule has 2 amide bonds. The predicted octanol–water partition coefficient (Wildman–Crippen LogP) is 4.19. The lowest BCUT2D eigenvalue weighted by molar-refractivity contribution is -0.147. The van der Waals surface area contributed by atoms with Crippen LogP contribution in [0.15, 0.2) is 48.5 Å². The first kappa shape index (κ1) is 21.4. The van der Waals surface area contributed by atoms with Gasteiger partial charge in [0.2, 0.25) is 5.91 Å². The number of ether oxygens (including phenoxy) is 1. The Balaban J connectivity index is 1.62. The highest BCUT2D eigenvalue weighted by Gasteiger charge is 2.10. The highest BCUT2D eigenvalue weighted by molar-refractivity contribution is 6.30. The van der Waals surface area contributed by atoms with Crippen molar-refractivity contribution in [2.24, 2.45) is 0 Å². The summed E-state index contributed by atoms with van der Waals surface area (Å²) in [7, 11) is 0. The minimum absolute atomic E-state index is 0.0570. The maximum atomic E-state index is 11.8. The lowest BCUT2D eigenvalue weighted by Gasteiger charge is -2.08. The van der Waals surface area contributed by atoms with Crippen LogP contribution in [-0.2, 0) is 25.5 Å². The molecule has 0 bridgehead atoms. The van der Waals surface area contributed by atoms with Gasteiger partial charge in [0.25, 0.3) is 5.91 Å². The maximum absolute atomic E-state index is 11.8. The Morgan fingerprint density at radius 2 is 1.64 bits per heavy atom. The van der Waals surface area contributed by atoms with Crippen LogP contribution in [0.5, 0.6) is 0 Å². The second kappa shape index (κ2) is 11.1. The van der Waals surface area contributed by atoms with Gasteiger partial charge in [0.15, 0.2) is 6.61 Å². The van der Waals surface area contributed by atoms with Crippen LogP contribution in [0.25, 0.3) is 0 Å². The van der Waals surface area contributed by atoms with E-state index in [9.17, 15) is 14.4 Å². The highest BCUT2D eigenvalue weighted by Crippen LogP contribution is 2.15. The summed E-state index contributed by atoms with van der Waals surface area (Å²) in [5.41, 5.74) is 2.42. The summed E-state index contributed by atoms with van der Waals surface area (Å²) in [6, 6.07) is 14.3. The summed E-state index contributed by atoms with van der Waals surface area (Å²) in [5.74, 6) is -1.15. The van der Waals surface area contributed by atoms with Gasteiger partial charge < -0.3 is 15.4 Å². The zero-order valence-corrected chi connectivity index (χ0v) is 16.4. The molecular weight excluding hydrogens is 380 g/mol. The van der Waals surface area contributed by atoms with Gasteiger partial charge in [-0.25, -0.2) is 0 Å². The first-order valence-corrected chi connectivity index (χ1v) is 9.44. The SMILES string of the molecule is CCc1ccc(NC(=O)COC(=O)CCCC(=O)Nc2cccc(Cl)c2)cc1. The molecule has 0 radical (unpaired) electrons. The Kier molecular flexibility index (Phi) is 8.49. The maximum Gasteiger partial charge on any atom is 0.306 e. The van der Waals surface area contributed by atoms with Crippen molar-refractivity contribution in [1.29, 1.82) is 0 Å². The van der Waals surface area contributed by atoms with E-state index in [0.29, 0.717) is 22.8 Å². The van der Waals surface area contributed by atoms with Crippen molar-refractivity contribution in [3.8, 4) is 0 Å². The quantitative estimate of drug-likeness (QED) is 0.616. The topological polar surface area (TPSA) is 84.5 Å². The monoisotopic (exact) mass is 402 g/mol. The fourth-order valence-electron chi connectivity index (χ4n) is 2.42. The smallest absolute Gasteiger partial charge is 0.306 e. The van der Waals surface area contributed by atoms with E-state index in [0.717, 1.165) is 6.42 Å². The minimum Gasteiger partial charge on any atom is -0.456 e. The third kappa shape index (κ3) is 7.80. The number of amides is 2. The molecule has 2 aromatic rings. The van der Waals surface area contributed by atoms with E-state index in [4.69, 9.17) is 16.3 Å². The number of carbonyl (C=O) groups excluding carboxylic acids is 3. The van der Waals surface area contributed by atoms with Crippen molar-refractivity contribution in [3.63, 3.8) is 0 Å². The number of hydrogen-bond acceptors (Lipinski definition) is 4. The molecule has 0 saturated heterocycles. The molecule has 0 aliphatic carbocycles. The molecule has 2 N–H and O–H groups in total. The number of anilines is 2. The molecule has 0 fully saturated rings. The number of benzene rings is 2. The van der Waals surface area contributed by atoms with E-state index < -0.39 is 11.9 Å². The number of nitrogens with one attached hydrogen (secondary N) is 2. The number of hydrogen-bond donors (Lipinski definition) is 2. The van der Waals surface area contributed by atoms with Gasteiger partial charge in [-0.05, 0) is 48.7 Å². The summed E-state index contributed by atoms with van der Waals surface area (Å²) in [4.78, 5) is 35.4. The third-order valence-electron chi connectivity index (χ3n) is 3.90. The van der Waals surface area contributed by atoms with Crippen molar-refractivity contribution >= 4 is 40.8 Å². The van der Waals surface area contributed by atoms with Crippen LogP contribution in [0.2, 0.25) is 5.02 Å². The Labute approximate surface area is 169 Å². The summed E-state index contributed by atoms with van der Waals surface area (Å²) in [6.45, 7) is 1.69. The molecule has 148 valence electrons. The van der Waals surface area contributed by atoms with Gasteiger partial charge in [0.05, 0.1) is 0 Å². The van der Waals surface area contributed by atoms with Crippen LogP contribution in [-0.4, -0.2) is 24.4 Å². The van der Waals surface area contributed by atoms with Crippen LogP contribution < -0.4 is 10.6 Å². The number of esters is 1. The lowest BCUT2D eigenvalue weighted by Crippen LogP contribution is -2.21.